The summed E-state index contributed by atoms with van der Waals surface area (Å²) in [6, 6.07) is 23.2. The smallest absolute Gasteiger partial charge is 0.294 e. The van der Waals surface area contributed by atoms with Crippen molar-refractivity contribution in [2.45, 2.75) is 14.7 Å². The fourth-order valence-electron chi connectivity index (χ4n) is 7.28. The Kier molecular flexibility index (Phi) is 9.46. The van der Waals surface area contributed by atoms with Gasteiger partial charge in [-0.3, -0.25) is 13.7 Å². The van der Waals surface area contributed by atoms with Crippen LogP contribution in [0, 0.1) is 0 Å². The molecule has 0 saturated carbocycles. The number of hydrogen-bond donors (Lipinski definition) is 4. The van der Waals surface area contributed by atoms with E-state index >= 15 is 0 Å². The van der Waals surface area contributed by atoms with E-state index in [-0.39, 0.29) is 20.4 Å². The van der Waals surface area contributed by atoms with E-state index in [1.807, 2.05) is 0 Å². The fourth-order valence-corrected chi connectivity index (χ4v) is 8.72. The van der Waals surface area contributed by atoms with Gasteiger partial charge in [0.05, 0.1) is 60.3 Å². The molecule has 302 valence electrons. The van der Waals surface area contributed by atoms with Gasteiger partial charge in [-0.25, -0.2) is 20.0 Å². The predicted octanol–water partition coefficient (Wildman–Crippen LogP) is 7.13. The van der Waals surface area contributed by atoms with E-state index in [1.54, 1.807) is 60.7 Å². The third kappa shape index (κ3) is 7.57. The Morgan fingerprint density at radius 3 is 0.738 bits per heavy atom. The average molecular weight is 869 g/mol. The normalized spacial score (nSPS) is 17.4. The third-order valence-corrected chi connectivity index (χ3v) is 12.7. The molecule has 61 heavy (non-hydrogen) atoms. The summed E-state index contributed by atoms with van der Waals surface area (Å²) in [6.45, 7) is 0. The Hall–Kier alpha value is -6.99. The number of rotatable bonds is 7. The molecule has 0 spiro atoms. The van der Waals surface area contributed by atoms with Crippen molar-refractivity contribution in [2.24, 2.45) is 20.0 Å². The van der Waals surface area contributed by atoms with Gasteiger partial charge >= 0.3 is 0 Å². The van der Waals surface area contributed by atoms with Crippen molar-refractivity contribution < 1.29 is 44.0 Å². The van der Waals surface area contributed by atoms with Crippen molar-refractivity contribution in [3.63, 3.8) is 0 Å². The molecule has 4 aromatic rings. The molecular formula is C44H28N4O10S3. The van der Waals surface area contributed by atoms with Gasteiger partial charge in [-0.05, 0) is 119 Å². The van der Waals surface area contributed by atoms with Crippen LogP contribution in [0.15, 0.2) is 203 Å². The molecule has 4 aromatic carbocycles. The van der Waals surface area contributed by atoms with Crippen LogP contribution in [0.1, 0.15) is 22.3 Å². The lowest BCUT2D eigenvalue weighted by Gasteiger charge is -2.13. The number of nitrogens with zero attached hydrogens (tertiary/aromatic N) is 4. The van der Waals surface area contributed by atoms with Crippen molar-refractivity contribution in [2.75, 3.05) is 0 Å². The van der Waals surface area contributed by atoms with E-state index in [0.717, 1.165) is 0 Å². The van der Waals surface area contributed by atoms with Gasteiger partial charge in [0, 0.05) is 22.3 Å². The number of benzene rings is 4. The van der Waals surface area contributed by atoms with Gasteiger partial charge in [-0.15, -0.1) is 0 Å². The highest BCUT2D eigenvalue weighted by atomic mass is 32.2. The molecule has 0 unspecified atom stereocenters. The molecule has 5 aliphatic heterocycles. The second kappa shape index (κ2) is 14.6. The monoisotopic (exact) mass is 868 g/mol. The Labute approximate surface area is 349 Å². The molecule has 0 radical (unpaired) electrons. The second-order valence-corrected chi connectivity index (χ2v) is 18.2. The summed E-state index contributed by atoms with van der Waals surface area (Å²) >= 11 is 0. The number of aromatic hydroxyl groups is 1. The molecular weight excluding hydrogens is 841 g/mol. The maximum Gasteiger partial charge on any atom is 0.294 e. The first-order valence-electron chi connectivity index (χ1n) is 18.1. The van der Waals surface area contributed by atoms with Crippen molar-refractivity contribution >= 4 is 75.5 Å². The maximum absolute atomic E-state index is 12.0. The molecule has 0 amide bonds. The number of phenolic OH excluding ortho intramolecular Hbond substituents is 1. The molecule has 5 heterocycles. The first kappa shape index (κ1) is 39.5. The van der Waals surface area contributed by atoms with Gasteiger partial charge in [0.15, 0.2) is 0 Å². The average Bonchev–Trinajstić information content (AvgIpc) is 4.06. The van der Waals surface area contributed by atoms with Gasteiger partial charge in [0.2, 0.25) is 0 Å². The van der Waals surface area contributed by atoms with Gasteiger partial charge in [0.25, 0.3) is 30.4 Å². The van der Waals surface area contributed by atoms with E-state index in [9.17, 15) is 44.0 Å². The third-order valence-electron chi connectivity index (χ3n) is 10.1. The lowest BCUT2D eigenvalue weighted by atomic mass is 9.98. The Balaban J connectivity index is 1.35. The summed E-state index contributed by atoms with van der Waals surface area (Å²) in [5.41, 5.74) is 7.66. The SMILES string of the molecule is O=S(=O)(O)c1ccc(C2=C3C=CC(=N3)C(c3ccc(S(=O)(=O)O)cc3)=C3C=CC(=N3)C(c3ccc(S(=O)(=O)O)cc3)=C3C=CC(=N3)C(c3ccc(O)cc3)=C3C=CC2=N3)cc1. The fraction of sp³-hybridized carbons (Fsp3) is 0. The maximum atomic E-state index is 12.0. The molecule has 8 bridgehead atoms. The molecule has 0 aliphatic carbocycles. The van der Waals surface area contributed by atoms with Crippen LogP contribution < -0.4 is 0 Å². The van der Waals surface area contributed by atoms with Gasteiger partial charge in [0.1, 0.15) is 5.75 Å². The van der Waals surface area contributed by atoms with Crippen LogP contribution in [0.2, 0.25) is 0 Å². The summed E-state index contributed by atoms with van der Waals surface area (Å²) < 4.78 is 101. The number of hydrogen-bond acceptors (Lipinski definition) is 11. The minimum atomic E-state index is -4.53. The van der Waals surface area contributed by atoms with Crippen LogP contribution >= 0.6 is 0 Å². The standard InChI is InChI=1S/C44H28N4O10S3/c49-29-9-1-25(2-10-29)41-33-17-19-35(45-33)42(26-3-11-30(12-4-26)59(50,51)52)37-21-23-39(47-37)44(28-7-15-32(16-8-28)61(56,57)58)40-24-22-38(48-40)43(36-20-18-34(41)46-36)27-5-13-31(14-6-27)60(53,54)55/h1-24,49H,(H,50,51,52)(H,53,54,55)(H,56,57,58). The van der Waals surface area contributed by atoms with Gasteiger partial charge in [-0.2, -0.15) is 25.3 Å². The minimum Gasteiger partial charge on any atom is -0.508 e. The van der Waals surface area contributed by atoms with Crippen LogP contribution in [0.25, 0.3) is 22.3 Å². The Morgan fingerprint density at radius 2 is 0.525 bits per heavy atom. The zero-order valence-electron chi connectivity index (χ0n) is 31.1. The molecule has 0 saturated heterocycles. The van der Waals surface area contributed by atoms with Crippen LogP contribution in [0.3, 0.4) is 0 Å². The van der Waals surface area contributed by atoms with Crippen LogP contribution in [-0.2, 0) is 30.4 Å². The molecule has 0 aromatic heterocycles. The minimum absolute atomic E-state index is 0.0412. The largest absolute Gasteiger partial charge is 0.508 e. The van der Waals surface area contributed by atoms with Crippen LogP contribution in [-0.4, -0.2) is 66.9 Å². The van der Waals surface area contributed by atoms with Crippen molar-refractivity contribution in [3.8, 4) is 5.75 Å². The number of phenols is 1. The zero-order chi connectivity index (χ0) is 42.8. The van der Waals surface area contributed by atoms with E-state index in [4.69, 9.17) is 20.0 Å². The number of aliphatic imine (C=N–C) groups is 4. The summed E-state index contributed by atoms with van der Waals surface area (Å²) in [5.74, 6) is 0.0412. The molecule has 17 heteroatoms. The molecule has 14 nitrogen and oxygen atoms in total. The molecule has 0 atom stereocenters. The van der Waals surface area contributed by atoms with Crippen LogP contribution in [0.5, 0.6) is 5.75 Å². The highest BCUT2D eigenvalue weighted by molar-refractivity contribution is 7.86. The van der Waals surface area contributed by atoms with Gasteiger partial charge < -0.3 is 5.11 Å². The summed E-state index contributed by atoms with van der Waals surface area (Å²) in [7, 11) is -13.6. The first-order chi connectivity index (χ1) is 29.0. The van der Waals surface area contributed by atoms with Gasteiger partial charge in [-0.1, -0.05) is 48.5 Å². The quantitative estimate of drug-likeness (QED) is 0.137. The highest BCUT2D eigenvalue weighted by Gasteiger charge is 2.28. The molecule has 4 N–H and O–H groups in total. The first-order valence-corrected chi connectivity index (χ1v) is 22.4. The summed E-state index contributed by atoms with van der Waals surface area (Å²) in [5, 5.41) is 10.2. The van der Waals surface area contributed by atoms with E-state index in [2.05, 4.69) is 0 Å². The molecule has 9 rings (SSSR count). The topological polar surface area (TPSA) is 233 Å². The lowest BCUT2D eigenvalue weighted by molar-refractivity contribution is 0.475. The van der Waals surface area contributed by atoms with E-state index in [1.165, 1.54) is 84.9 Å². The zero-order valence-corrected chi connectivity index (χ0v) is 33.6. The Morgan fingerprint density at radius 1 is 0.311 bits per heavy atom. The molecule has 5 aliphatic rings. The highest BCUT2D eigenvalue weighted by Crippen LogP contribution is 2.39. The summed E-state index contributed by atoms with van der Waals surface area (Å²) in [4.78, 5) is 19.3. The van der Waals surface area contributed by atoms with Crippen molar-refractivity contribution in [3.05, 3.63) is 191 Å². The van der Waals surface area contributed by atoms with E-state index < -0.39 is 30.4 Å². The number of fused-ring (bicyclic) bond motifs is 4. The van der Waals surface area contributed by atoms with Crippen molar-refractivity contribution in [1.29, 1.82) is 0 Å². The second-order valence-electron chi connectivity index (χ2n) is 13.9. The van der Waals surface area contributed by atoms with Crippen molar-refractivity contribution in [1.82, 2.24) is 0 Å². The predicted molar refractivity (Wildman–Crippen MR) is 231 cm³/mol. The summed E-state index contributed by atoms with van der Waals surface area (Å²) in [6.07, 6.45) is 14.1. The lowest BCUT2D eigenvalue weighted by Crippen LogP contribution is -2.04. The molecule has 0 fully saturated rings. The van der Waals surface area contributed by atoms with E-state index in [0.29, 0.717) is 90.2 Å². The Bertz CT molecular complexity index is 3290. The van der Waals surface area contributed by atoms with Crippen LogP contribution in [0.4, 0.5) is 0 Å². The number of allylic oxidation sites excluding steroid dienone is 12.